The van der Waals surface area contributed by atoms with E-state index < -0.39 is 11.5 Å². The number of hydrogen-bond donors (Lipinski definition) is 2. The Labute approximate surface area is 128 Å². The van der Waals surface area contributed by atoms with Crippen LogP contribution in [0, 0.1) is 0 Å². The number of nitrogens with one attached hydrogen (secondary N) is 1. The standard InChI is InChI=1S/C15H32N2O4/c1-5-8-16-15(4,14(18)19)13-17(9-11-20-6-2)10-12-21-7-3/h16H,5-13H2,1-4H3,(H,18,19). The first-order chi connectivity index (χ1) is 10.00. The molecule has 0 amide bonds. The van der Waals surface area contributed by atoms with Crippen LogP contribution in [-0.4, -0.2) is 74.1 Å². The maximum Gasteiger partial charge on any atom is 0.324 e. The second-order valence-electron chi connectivity index (χ2n) is 5.23. The van der Waals surface area contributed by atoms with Crippen molar-refractivity contribution in [2.24, 2.45) is 0 Å². The normalized spacial score (nSPS) is 14.3. The molecule has 126 valence electrons. The van der Waals surface area contributed by atoms with Gasteiger partial charge in [0.15, 0.2) is 0 Å². The predicted molar refractivity (Wildman–Crippen MR) is 83.8 cm³/mol. The number of aliphatic carboxylic acids is 1. The number of carboxylic acids is 1. The molecule has 1 unspecified atom stereocenters. The average molecular weight is 304 g/mol. The van der Waals surface area contributed by atoms with Crippen LogP contribution in [0.3, 0.4) is 0 Å². The zero-order valence-electron chi connectivity index (χ0n) is 14.0. The Balaban J connectivity index is 4.57. The highest BCUT2D eigenvalue weighted by atomic mass is 16.5. The summed E-state index contributed by atoms with van der Waals surface area (Å²) in [5.74, 6) is -0.825. The Kier molecular flexibility index (Phi) is 11.5. The van der Waals surface area contributed by atoms with Crippen molar-refractivity contribution in [1.29, 1.82) is 0 Å². The smallest absolute Gasteiger partial charge is 0.324 e. The Hall–Kier alpha value is -0.690. The van der Waals surface area contributed by atoms with Gasteiger partial charge < -0.3 is 19.9 Å². The van der Waals surface area contributed by atoms with Gasteiger partial charge >= 0.3 is 5.97 Å². The van der Waals surface area contributed by atoms with Crippen molar-refractivity contribution in [3.05, 3.63) is 0 Å². The lowest BCUT2D eigenvalue weighted by atomic mass is 10.0. The third-order valence-electron chi connectivity index (χ3n) is 3.29. The van der Waals surface area contributed by atoms with E-state index in [9.17, 15) is 9.90 Å². The van der Waals surface area contributed by atoms with Crippen molar-refractivity contribution in [3.8, 4) is 0 Å². The SMILES string of the molecule is CCCNC(C)(CN(CCOCC)CCOCC)C(=O)O. The molecule has 0 heterocycles. The maximum atomic E-state index is 11.6. The number of hydrogen-bond acceptors (Lipinski definition) is 5. The average Bonchev–Trinajstić information content (AvgIpc) is 2.45. The van der Waals surface area contributed by atoms with E-state index in [2.05, 4.69) is 10.2 Å². The first-order valence-electron chi connectivity index (χ1n) is 7.86. The van der Waals surface area contributed by atoms with E-state index in [4.69, 9.17) is 9.47 Å². The summed E-state index contributed by atoms with van der Waals surface area (Å²) in [4.78, 5) is 13.7. The number of carbonyl (C=O) groups is 1. The molecule has 21 heavy (non-hydrogen) atoms. The topological polar surface area (TPSA) is 71.0 Å². The summed E-state index contributed by atoms with van der Waals surface area (Å²) >= 11 is 0. The maximum absolute atomic E-state index is 11.6. The molecule has 0 fully saturated rings. The molecule has 0 aliphatic heterocycles. The molecule has 6 nitrogen and oxygen atoms in total. The fraction of sp³-hybridized carbons (Fsp3) is 0.933. The van der Waals surface area contributed by atoms with Gasteiger partial charge in [0, 0.05) is 32.8 Å². The van der Waals surface area contributed by atoms with E-state index >= 15 is 0 Å². The second-order valence-corrected chi connectivity index (χ2v) is 5.23. The van der Waals surface area contributed by atoms with E-state index in [-0.39, 0.29) is 0 Å². The molecule has 0 bridgehead atoms. The number of ether oxygens (including phenoxy) is 2. The summed E-state index contributed by atoms with van der Waals surface area (Å²) in [5.41, 5.74) is -0.950. The van der Waals surface area contributed by atoms with Crippen molar-refractivity contribution in [2.75, 3.05) is 52.6 Å². The summed E-state index contributed by atoms with van der Waals surface area (Å²) in [6.07, 6.45) is 0.904. The second kappa shape index (κ2) is 11.9. The van der Waals surface area contributed by atoms with E-state index in [1.54, 1.807) is 6.92 Å². The van der Waals surface area contributed by atoms with Gasteiger partial charge in [0.1, 0.15) is 5.54 Å². The third kappa shape index (κ3) is 9.03. The lowest BCUT2D eigenvalue weighted by Gasteiger charge is -2.33. The van der Waals surface area contributed by atoms with Gasteiger partial charge in [-0.3, -0.25) is 9.69 Å². The summed E-state index contributed by atoms with van der Waals surface area (Å²) in [6.45, 7) is 12.7. The van der Waals surface area contributed by atoms with Crippen LogP contribution >= 0.6 is 0 Å². The van der Waals surface area contributed by atoms with Gasteiger partial charge in [-0.1, -0.05) is 6.92 Å². The molecule has 0 aromatic heterocycles. The molecule has 0 aromatic rings. The summed E-state index contributed by atoms with van der Waals surface area (Å²) in [7, 11) is 0. The van der Waals surface area contributed by atoms with E-state index in [0.717, 1.165) is 6.42 Å². The molecule has 1 atom stereocenters. The summed E-state index contributed by atoms with van der Waals surface area (Å²) < 4.78 is 10.8. The Morgan fingerprint density at radius 2 is 1.67 bits per heavy atom. The van der Waals surface area contributed by atoms with Gasteiger partial charge in [-0.15, -0.1) is 0 Å². The van der Waals surface area contributed by atoms with E-state index in [0.29, 0.717) is 52.6 Å². The van der Waals surface area contributed by atoms with Gasteiger partial charge in [0.2, 0.25) is 0 Å². The number of rotatable bonds is 14. The molecule has 0 aromatic carbocycles. The first-order valence-corrected chi connectivity index (χ1v) is 7.86. The van der Waals surface area contributed by atoms with E-state index in [1.165, 1.54) is 0 Å². The van der Waals surface area contributed by atoms with Gasteiger partial charge in [-0.25, -0.2) is 0 Å². The quantitative estimate of drug-likeness (QED) is 0.470. The highest BCUT2D eigenvalue weighted by Gasteiger charge is 2.34. The van der Waals surface area contributed by atoms with Crippen LogP contribution in [-0.2, 0) is 14.3 Å². The van der Waals surface area contributed by atoms with Crippen LogP contribution < -0.4 is 5.32 Å². The van der Waals surface area contributed by atoms with Gasteiger partial charge in [0.05, 0.1) is 13.2 Å². The van der Waals surface area contributed by atoms with Crippen molar-refractivity contribution >= 4 is 5.97 Å². The van der Waals surface area contributed by atoms with E-state index in [1.807, 2.05) is 20.8 Å². The van der Waals surface area contributed by atoms with Crippen LogP contribution in [0.4, 0.5) is 0 Å². The Bertz CT molecular complexity index is 266. The fourth-order valence-electron chi connectivity index (χ4n) is 1.99. The molecule has 2 N–H and O–H groups in total. The summed E-state index contributed by atoms with van der Waals surface area (Å²) in [6, 6.07) is 0. The Morgan fingerprint density at radius 1 is 1.14 bits per heavy atom. The Morgan fingerprint density at radius 3 is 2.05 bits per heavy atom. The summed E-state index contributed by atoms with van der Waals surface area (Å²) in [5, 5.41) is 12.6. The zero-order valence-corrected chi connectivity index (χ0v) is 14.0. The predicted octanol–water partition coefficient (Wildman–Crippen LogP) is 1.20. The van der Waals surface area contributed by atoms with Gasteiger partial charge in [0.25, 0.3) is 0 Å². The molecule has 0 aliphatic carbocycles. The van der Waals surface area contributed by atoms with Crippen molar-refractivity contribution < 1.29 is 19.4 Å². The minimum Gasteiger partial charge on any atom is -0.480 e. The minimum atomic E-state index is -0.950. The lowest BCUT2D eigenvalue weighted by Crippen LogP contribution is -2.57. The molecule has 6 heteroatoms. The van der Waals surface area contributed by atoms with Crippen molar-refractivity contribution in [3.63, 3.8) is 0 Å². The number of carboxylic acid groups (broad SMARTS) is 1. The van der Waals surface area contributed by atoms with Crippen molar-refractivity contribution in [2.45, 2.75) is 39.7 Å². The molecule has 0 saturated carbocycles. The molecular weight excluding hydrogens is 272 g/mol. The largest absolute Gasteiger partial charge is 0.480 e. The highest BCUT2D eigenvalue weighted by molar-refractivity contribution is 5.78. The van der Waals surface area contributed by atoms with Crippen LogP contribution in [0.1, 0.15) is 34.1 Å². The van der Waals surface area contributed by atoms with Gasteiger partial charge in [-0.2, -0.15) is 0 Å². The molecule has 0 rings (SSSR count). The molecule has 0 aliphatic rings. The first kappa shape index (κ1) is 20.3. The molecule has 0 saturated heterocycles. The minimum absolute atomic E-state index is 0.433. The van der Waals surface area contributed by atoms with Crippen LogP contribution in [0.15, 0.2) is 0 Å². The molecule has 0 radical (unpaired) electrons. The van der Waals surface area contributed by atoms with Crippen LogP contribution in [0.5, 0.6) is 0 Å². The van der Waals surface area contributed by atoms with Crippen LogP contribution in [0.2, 0.25) is 0 Å². The van der Waals surface area contributed by atoms with Crippen molar-refractivity contribution in [1.82, 2.24) is 10.2 Å². The molecular formula is C15H32N2O4. The lowest BCUT2D eigenvalue weighted by molar-refractivity contribution is -0.145. The third-order valence-corrected chi connectivity index (χ3v) is 3.29. The number of nitrogens with zero attached hydrogens (tertiary/aromatic N) is 1. The van der Waals surface area contributed by atoms with Crippen LogP contribution in [0.25, 0.3) is 0 Å². The fourth-order valence-corrected chi connectivity index (χ4v) is 1.99. The molecule has 0 spiro atoms. The highest BCUT2D eigenvalue weighted by Crippen LogP contribution is 2.08. The zero-order chi connectivity index (χ0) is 16.1. The van der Waals surface area contributed by atoms with Gasteiger partial charge in [-0.05, 0) is 33.7 Å². The monoisotopic (exact) mass is 304 g/mol.